The van der Waals surface area contributed by atoms with E-state index in [4.69, 9.17) is 27.9 Å². The van der Waals surface area contributed by atoms with Gasteiger partial charge in [0, 0.05) is 10.9 Å². The van der Waals surface area contributed by atoms with E-state index in [0.29, 0.717) is 17.3 Å². The fraction of sp³-hybridized carbons (Fsp3) is 0.417. The summed E-state index contributed by atoms with van der Waals surface area (Å²) in [5.41, 5.74) is 0.807. The van der Waals surface area contributed by atoms with Gasteiger partial charge in [-0.25, -0.2) is 0 Å². The van der Waals surface area contributed by atoms with E-state index in [9.17, 15) is 4.79 Å². The lowest BCUT2D eigenvalue weighted by atomic mass is 9.94. The molecule has 0 aliphatic carbocycles. The highest BCUT2D eigenvalue weighted by atomic mass is 35.5. The van der Waals surface area contributed by atoms with E-state index >= 15 is 0 Å². The van der Waals surface area contributed by atoms with Gasteiger partial charge in [-0.3, -0.25) is 4.79 Å². The first-order valence-corrected chi connectivity index (χ1v) is 6.00. The largest absolute Gasteiger partial charge is 0.469 e. The van der Waals surface area contributed by atoms with Crippen molar-refractivity contribution in [1.82, 2.24) is 0 Å². The zero-order valence-corrected chi connectivity index (χ0v) is 10.6. The fourth-order valence-electron chi connectivity index (χ4n) is 1.58. The molecule has 2 nitrogen and oxygen atoms in total. The number of rotatable bonds is 5. The van der Waals surface area contributed by atoms with Crippen LogP contribution in [0.4, 0.5) is 0 Å². The first kappa shape index (κ1) is 13.3. The fourth-order valence-corrected chi connectivity index (χ4v) is 2.00. The second-order valence-electron chi connectivity index (χ2n) is 3.43. The van der Waals surface area contributed by atoms with E-state index in [1.54, 1.807) is 6.07 Å². The lowest BCUT2D eigenvalue weighted by Crippen LogP contribution is -2.15. The minimum atomic E-state index is -0.322. The van der Waals surface area contributed by atoms with Gasteiger partial charge in [0.05, 0.1) is 13.0 Å². The summed E-state index contributed by atoms with van der Waals surface area (Å²) in [6.07, 6.45) is 1.41. The van der Waals surface area contributed by atoms with E-state index in [-0.39, 0.29) is 11.9 Å². The molecule has 0 heterocycles. The van der Waals surface area contributed by atoms with Gasteiger partial charge in [0.1, 0.15) is 0 Å². The molecule has 1 aromatic rings. The lowest BCUT2D eigenvalue weighted by molar-refractivity contribution is -0.142. The van der Waals surface area contributed by atoms with Crippen LogP contribution in [-0.2, 0) is 9.53 Å². The molecule has 1 rings (SSSR count). The number of hydrogen-bond donors (Lipinski definition) is 0. The summed E-state index contributed by atoms with van der Waals surface area (Å²) < 4.78 is 4.78. The summed E-state index contributed by atoms with van der Waals surface area (Å²) in [4.78, 5) is 11.6. The average Bonchev–Trinajstić information content (AvgIpc) is 2.31. The maximum atomic E-state index is 11.6. The summed E-state index contributed by atoms with van der Waals surface area (Å²) >= 11 is 11.7. The average molecular weight is 261 g/mol. The maximum Gasteiger partial charge on any atom is 0.313 e. The Morgan fingerprint density at radius 3 is 2.69 bits per heavy atom. The number of carbonyl (C=O) groups excluding carboxylic acids is 1. The van der Waals surface area contributed by atoms with Crippen LogP contribution in [0, 0.1) is 0 Å². The number of carbonyl (C=O) groups is 1. The van der Waals surface area contributed by atoms with Gasteiger partial charge in [-0.05, 0) is 24.5 Å². The Morgan fingerprint density at radius 2 is 2.12 bits per heavy atom. The van der Waals surface area contributed by atoms with Gasteiger partial charge in [0.2, 0.25) is 0 Å². The molecule has 0 radical (unpaired) electrons. The molecule has 0 aliphatic rings. The molecule has 0 N–H and O–H groups in total. The third kappa shape index (κ3) is 3.39. The summed E-state index contributed by atoms with van der Waals surface area (Å²) in [6, 6.07) is 7.31. The van der Waals surface area contributed by atoms with Crippen LogP contribution in [0.2, 0.25) is 5.02 Å². The number of alkyl halides is 1. The van der Waals surface area contributed by atoms with Gasteiger partial charge >= 0.3 is 5.97 Å². The molecule has 1 atom stereocenters. The number of halogens is 2. The highest BCUT2D eigenvalue weighted by Crippen LogP contribution is 2.29. The molecule has 0 aliphatic heterocycles. The van der Waals surface area contributed by atoms with E-state index in [1.807, 2.05) is 18.2 Å². The smallest absolute Gasteiger partial charge is 0.313 e. The molecule has 1 unspecified atom stereocenters. The van der Waals surface area contributed by atoms with Crippen LogP contribution in [-0.4, -0.2) is 19.0 Å². The van der Waals surface area contributed by atoms with Gasteiger partial charge in [0.25, 0.3) is 0 Å². The molecule has 4 heteroatoms. The summed E-state index contributed by atoms with van der Waals surface area (Å²) in [5, 5.41) is 0.590. The minimum Gasteiger partial charge on any atom is -0.469 e. The number of methoxy groups -OCH3 is 1. The Kier molecular flexibility index (Phi) is 5.64. The molecule has 0 spiro atoms. The van der Waals surface area contributed by atoms with Crippen molar-refractivity contribution >= 4 is 29.2 Å². The third-order valence-electron chi connectivity index (χ3n) is 2.39. The molecule has 16 heavy (non-hydrogen) atoms. The Morgan fingerprint density at radius 1 is 1.44 bits per heavy atom. The van der Waals surface area contributed by atoms with Gasteiger partial charge in [-0.1, -0.05) is 29.8 Å². The molecule has 1 aromatic carbocycles. The molecule has 0 fully saturated rings. The van der Waals surface area contributed by atoms with Crippen LogP contribution in [0.25, 0.3) is 0 Å². The van der Waals surface area contributed by atoms with Crippen molar-refractivity contribution in [2.24, 2.45) is 0 Å². The lowest BCUT2D eigenvalue weighted by Gasteiger charge is -2.15. The number of hydrogen-bond acceptors (Lipinski definition) is 2. The molecule has 0 bridgehead atoms. The maximum absolute atomic E-state index is 11.6. The highest BCUT2D eigenvalue weighted by molar-refractivity contribution is 6.31. The minimum absolute atomic E-state index is 0.266. The topological polar surface area (TPSA) is 26.3 Å². The Labute approximate surface area is 106 Å². The Balaban J connectivity index is 2.92. The van der Waals surface area contributed by atoms with Crippen molar-refractivity contribution in [3.8, 4) is 0 Å². The van der Waals surface area contributed by atoms with E-state index in [0.717, 1.165) is 12.0 Å². The van der Waals surface area contributed by atoms with E-state index in [2.05, 4.69) is 0 Å². The van der Waals surface area contributed by atoms with Gasteiger partial charge in [0.15, 0.2) is 0 Å². The van der Waals surface area contributed by atoms with Crippen molar-refractivity contribution in [1.29, 1.82) is 0 Å². The normalized spacial score (nSPS) is 12.2. The summed E-state index contributed by atoms with van der Waals surface area (Å²) in [6.45, 7) is 0. The van der Waals surface area contributed by atoms with Gasteiger partial charge < -0.3 is 4.74 Å². The van der Waals surface area contributed by atoms with Crippen LogP contribution in [0.15, 0.2) is 24.3 Å². The predicted octanol–water partition coefficient (Wildman–Crippen LogP) is 3.62. The van der Waals surface area contributed by atoms with Crippen molar-refractivity contribution < 1.29 is 9.53 Å². The zero-order valence-electron chi connectivity index (χ0n) is 9.08. The Bertz CT molecular complexity index is 353. The van der Waals surface area contributed by atoms with Crippen molar-refractivity contribution in [3.05, 3.63) is 34.9 Å². The van der Waals surface area contributed by atoms with Crippen molar-refractivity contribution in [3.63, 3.8) is 0 Å². The molecule has 0 amide bonds. The number of benzene rings is 1. The molecule has 88 valence electrons. The second-order valence-corrected chi connectivity index (χ2v) is 4.21. The Hall–Kier alpha value is -0.730. The van der Waals surface area contributed by atoms with Crippen LogP contribution in [0.3, 0.4) is 0 Å². The monoisotopic (exact) mass is 260 g/mol. The van der Waals surface area contributed by atoms with Crippen LogP contribution >= 0.6 is 23.2 Å². The first-order valence-electron chi connectivity index (χ1n) is 5.09. The quantitative estimate of drug-likeness (QED) is 0.597. The van der Waals surface area contributed by atoms with Crippen molar-refractivity contribution in [2.45, 2.75) is 18.8 Å². The predicted molar refractivity (Wildman–Crippen MR) is 66.2 cm³/mol. The molecule has 0 saturated carbocycles. The molecule has 0 saturated heterocycles. The first-order chi connectivity index (χ1) is 7.70. The molecular formula is C12H14Cl2O2. The van der Waals surface area contributed by atoms with E-state index < -0.39 is 0 Å². The van der Waals surface area contributed by atoms with E-state index in [1.165, 1.54) is 7.11 Å². The third-order valence-corrected chi connectivity index (χ3v) is 3.00. The van der Waals surface area contributed by atoms with Crippen molar-refractivity contribution in [2.75, 3.05) is 13.0 Å². The zero-order chi connectivity index (χ0) is 12.0. The molecule has 0 aromatic heterocycles. The standard InChI is InChI=1S/C12H14Cl2O2/c1-16-12(15)10(6-4-8-13)9-5-2-3-7-11(9)14/h2-3,5,7,10H,4,6,8H2,1H3. The SMILES string of the molecule is COC(=O)C(CCCCl)c1ccccc1Cl. The number of esters is 1. The van der Waals surface area contributed by atoms with Gasteiger partial charge in [-0.2, -0.15) is 0 Å². The summed E-state index contributed by atoms with van der Waals surface area (Å²) in [7, 11) is 1.38. The number of ether oxygens (including phenoxy) is 1. The highest BCUT2D eigenvalue weighted by Gasteiger charge is 2.22. The van der Waals surface area contributed by atoms with Crippen LogP contribution in [0.1, 0.15) is 24.3 Å². The second kappa shape index (κ2) is 6.77. The van der Waals surface area contributed by atoms with Crippen LogP contribution in [0.5, 0.6) is 0 Å². The van der Waals surface area contributed by atoms with Gasteiger partial charge in [-0.15, -0.1) is 11.6 Å². The summed E-state index contributed by atoms with van der Waals surface area (Å²) in [5.74, 6) is -0.0616. The van der Waals surface area contributed by atoms with Crippen LogP contribution < -0.4 is 0 Å². The molecular weight excluding hydrogens is 247 g/mol.